The minimum absolute atomic E-state index is 0.0290. The van der Waals surface area contributed by atoms with Gasteiger partial charge in [0, 0.05) is 49.1 Å². The summed E-state index contributed by atoms with van der Waals surface area (Å²) in [6.45, 7) is 1.51. The fourth-order valence-corrected chi connectivity index (χ4v) is 4.00. The van der Waals surface area contributed by atoms with E-state index in [-0.39, 0.29) is 23.1 Å². The van der Waals surface area contributed by atoms with Crippen LogP contribution in [0.5, 0.6) is 0 Å². The third kappa shape index (κ3) is 3.16. The van der Waals surface area contributed by atoms with E-state index < -0.39 is 22.5 Å². The zero-order valence-corrected chi connectivity index (χ0v) is 14.3. The number of hydrogen-bond donors (Lipinski definition) is 1. The molecule has 8 nitrogen and oxygen atoms in total. The molecule has 27 heavy (non-hydrogen) atoms. The predicted octanol–water partition coefficient (Wildman–Crippen LogP) is 2.55. The van der Waals surface area contributed by atoms with Gasteiger partial charge in [-0.3, -0.25) is 14.9 Å². The molecule has 0 saturated carbocycles. The van der Waals surface area contributed by atoms with Crippen LogP contribution in [0.3, 0.4) is 0 Å². The first kappa shape index (κ1) is 17.2. The van der Waals surface area contributed by atoms with Crippen molar-refractivity contribution in [3.63, 3.8) is 0 Å². The molecule has 1 aromatic heterocycles. The number of carbonyl (C=O) groups excluding carboxylic acids is 1. The van der Waals surface area contributed by atoms with Crippen molar-refractivity contribution in [2.45, 2.75) is 18.9 Å². The first-order valence-electron chi connectivity index (χ1n) is 8.62. The van der Waals surface area contributed by atoms with Gasteiger partial charge in [-0.1, -0.05) is 6.07 Å². The van der Waals surface area contributed by atoms with Crippen molar-refractivity contribution in [3.8, 4) is 0 Å². The van der Waals surface area contributed by atoms with Crippen molar-refractivity contribution in [1.82, 2.24) is 9.47 Å². The van der Waals surface area contributed by atoms with Crippen molar-refractivity contribution in [1.29, 1.82) is 0 Å². The highest BCUT2D eigenvalue weighted by Gasteiger charge is 2.36. The first-order valence-corrected chi connectivity index (χ1v) is 8.62. The molecule has 2 bridgehead atoms. The van der Waals surface area contributed by atoms with E-state index in [0.717, 1.165) is 24.2 Å². The number of amides is 2. The summed E-state index contributed by atoms with van der Waals surface area (Å²) in [4.78, 5) is 36.3. The van der Waals surface area contributed by atoms with Crippen LogP contribution in [-0.4, -0.2) is 33.5 Å². The zero-order chi connectivity index (χ0) is 19.1. The van der Waals surface area contributed by atoms with Gasteiger partial charge in [-0.05, 0) is 30.5 Å². The molecule has 2 unspecified atom stereocenters. The first-order chi connectivity index (χ1) is 12.9. The van der Waals surface area contributed by atoms with Crippen molar-refractivity contribution in [3.05, 3.63) is 68.4 Å². The van der Waals surface area contributed by atoms with Gasteiger partial charge in [-0.25, -0.2) is 4.79 Å². The molecule has 9 heteroatoms. The molecule has 1 N–H and O–H groups in total. The number of anilines is 1. The summed E-state index contributed by atoms with van der Waals surface area (Å²) in [5, 5.41) is 13.5. The Bertz CT molecular complexity index is 990. The van der Waals surface area contributed by atoms with E-state index in [1.807, 2.05) is 6.07 Å². The van der Waals surface area contributed by atoms with Crippen molar-refractivity contribution in [2.75, 3.05) is 18.4 Å². The number of carbonyl (C=O) groups is 1. The Morgan fingerprint density at radius 1 is 1.22 bits per heavy atom. The second-order valence-corrected chi connectivity index (χ2v) is 6.96. The molecule has 2 aliphatic rings. The Kier molecular flexibility index (Phi) is 4.14. The highest BCUT2D eigenvalue weighted by molar-refractivity contribution is 5.89. The minimum Gasteiger partial charge on any atom is -0.324 e. The smallest absolute Gasteiger partial charge is 0.321 e. The maximum Gasteiger partial charge on any atom is 0.321 e. The molecule has 140 valence electrons. The average Bonchev–Trinajstić information content (AvgIpc) is 2.64. The van der Waals surface area contributed by atoms with Gasteiger partial charge in [-0.2, -0.15) is 4.39 Å². The topological polar surface area (TPSA) is 97.5 Å². The van der Waals surface area contributed by atoms with E-state index in [4.69, 9.17) is 0 Å². The summed E-state index contributed by atoms with van der Waals surface area (Å²) in [5.41, 5.74) is 0.379. The van der Waals surface area contributed by atoms with Crippen LogP contribution in [0.25, 0.3) is 0 Å². The Balaban J connectivity index is 1.52. The van der Waals surface area contributed by atoms with Gasteiger partial charge in [0.2, 0.25) is 5.82 Å². The number of nitro benzene ring substituents is 1. The molecule has 1 saturated heterocycles. The van der Waals surface area contributed by atoms with E-state index in [1.54, 1.807) is 15.5 Å². The number of rotatable bonds is 2. The number of nitrogens with one attached hydrogen (secondary N) is 1. The average molecular weight is 372 g/mol. The normalized spacial score (nSPS) is 20.7. The zero-order valence-electron chi connectivity index (χ0n) is 14.3. The van der Waals surface area contributed by atoms with Crippen LogP contribution >= 0.6 is 0 Å². The Morgan fingerprint density at radius 2 is 2.04 bits per heavy atom. The van der Waals surface area contributed by atoms with Crippen LogP contribution in [0.4, 0.5) is 20.6 Å². The second-order valence-electron chi connectivity index (χ2n) is 6.96. The number of hydrogen-bond acceptors (Lipinski definition) is 4. The molecule has 1 fully saturated rings. The molecule has 1 aromatic carbocycles. The van der Waals surface area contributed by atoms with Gasteiger partial charge in [0.15, 0.2) is 0 Å². The number of piperidine rings is 1. The third-order valence-corrected chi connectivity index (χ3v) is 5.16. The molecule has 3 heterocycles. The standard InChI is InChI=1S/C18H17FN4O4/c19-14-5-4-13(7-16(14)23(26)27)20-18(25)21-8-11-6-12(10-21)15-2-1-3-17(24)22(15)9-11/h1-5,7,11-12H,6,8-10H2,(H,20,25). The summed E-state index contributed by atoms with van der Waals surface area (Å²) < 4.78 is 15.2. The lowest BCUT2D eigenvalue weighted by Gasteiger charge is -2.42. The van der Waals surface area contributed by atoms with Crippen molar-refractivity contribution < 1.29 is 14.1 Å². The highest BCUT2D eigenvalue weighted by Crippen LogP contribution is 2.35. The van der Waals surface area contributed by atoms with Gasteiger partial charge >= 0.3 is 11.7 Å². The van der Waals surface area contributed by atoms with Crippen LogP contribution in [0, 0.1) is 21.8 Å². The van der Waals surface area contributed by atoms with Crippen LogP contribution < -0.4 is 10.9 Å². The minimum atomic E-state index is -0.951. The SMILES string of the molecule is O=C(Nc1ccc(F)c([N+](=O)[O-])c1)N1CC2CC(C1)c1cccc(=O)n1C2. The lowest BCUT2D eigenvalue weighted by Crippen LogP contribution is -2.50. The lowest BCUT2D eigenvalue weighted by atomic mass is 9.83. The molecule has 2 atom stereocenters. The van der Waals surface area contributed by atoms with Gasteiger partial charge in [0.05, 0.1) is 4.92 Å². The summed E-state index contributed by atoms with van der Waals surface area (Å²) in [5.74, 6) is -0.711. The monoisotopic (exact) mass is 372 g/mol. The molecule has 2 aliphatic heterocycles. The van der Waals surface area contributed by atoms with Gasteiger partial charge in [0.25, 0.3) is 5.56 Å². The third-order valence-electron chi connectivity index (χ3n) is 5.16. The maximum atomic E-state index is 13.4. The van der Waals surface area contributed by atoms with E-state index >= 15 is 0 Å². The van der Waals surface area contributed by atoms with Gasteiger partial charge < -0.3 is 14.8 Å². The van der Waals surface area contributed by atoms with Crippen molar-refractivity contribution in [2.24, 2.45) is 5.92 Å². The fraction of sp³-hybridized carbons (Fsp3) is 0.333. The summed E-state index contributed by atoms with van der Waals surface area (Å²) in [7, 11) is 0. The van der Waals surface area contributed by atoms with E-state index in [1.165, 1.54) is 12.1 Å². The number of fused-ring (bicyclic) bond motifs is 4. The predicted molar refractivity (Wildman–Crippen MR) is 95.2 cm³/mol. The molecule has 2 amide bonds. The molecular weight excluding hydrogens is 355 g/mol. The Hall–Kier alpha value is -3.23. The molecule has 0 aliphatic carbocycles. The summed E-state index contributed by atoms with van der Waals surface area (Å²) >= 11 is 0. The number of likely N-dealkylation sites (tertiary alicyclic amines) is 1. The number of pyridine rings is 1. The number of halogens is 1. The molecular formula is C18H17FN4O4. The summed E-state index contributed by atoms with van der Waals surface area (Å²) in [6, 6.07) is 8.04. The van der Waals surface area contributed by atoms with Gasteiger partial charge in [0.1, 0.15) is 0 Å². The van der Waals surface area contributed by atoms with Crippen LogP contribution in [-0.2, 0) is 6.54 Å². The van der Waals surface area contributed by atoms with E-state index in [2.05, 4.69) is 5.32 Å². The molecule has 0 radical (unpaired) electrons. The largest absolute Gasteiger partial charge is 0.324 e. The lowest BCUT2D eigenvalue weighted by molar-refractivity contribution is -0.387. The fourth-order valence-electron chi connectivity index (χ4n) is 4.00. The Labute approximate surface area is 153 Å². The molecule has 2 aromatic rings. The Morgan fingerprint density at radius 3 is 2.81 bits per heavy atom. The van der Waals surface area contributed by atoms with Gasteiger partial charge in [-0.15, -0.1) is 0 Å². The van der Waals surface area contributed by atoms with Crippen LogP contribution in [0.1, 0.15) is 18.0 Å². The summed E-state index contributed by atoms with van der Waals surface area (Å²) in [6.07, 6.45) is 0.912. The number of aromatic nitrogens is 1. The number of nitrogens with zero attached hydrogens (tertiary/aromatic N) is 3. The number of urea groups is 1. The highest BCUT2D eigenvalue weighted by atomic mass is 19.1. The van der Waals surface area contributed by atoms with Crippen molar-refractivity contribution >= 4 is 17.4 Å². The second kappa shape index (κ2) is 6.49. The van der Waals surface area contributed by atoms with Crippen LogP contribution in [0.2, 0.25) is 0 Å². The molecule has 0 spiro atoms. The number of benzene rings is 1. The molecule has 4 rings (SSSR count). The number of nitro groups is 1. The van der Waals surface area contributed by atoms with Crippen LogP contribution in [0.15, 0.2) is 41.2 Å². The quantitative estimate of drug-likeness (QED) is 0.647. The van der Waals surface area contributed by atoms with E-state index in [9.17, 15) is 24.1 Å². The van der Waals surface area contributed by atoms with E-state index in [0.29, 0.717) is 19.6 Å². The maximum absolute atomic E-state index is 13.4.